The molecule has 0 fully saturated rings. The quantitative estimate of drug-likeness (QED) is 0.580. The summed E-state index contributed by atoms with van der Waals surface area (Å²) < 4.78 is 0. The fraction of sp³-hybridized carbons (Fsp3) is 0.500. The highest BCUT2D eigenvalue weighted by molar-refractivity contribution is 6.20. The van der Waals surface area contributed by atoms with Crippen LogP contribution in [0.2, 0.25) is 0 Å². The van der Waals surface area contributed by atoms with Crippen molar-refractivity contribution in [2.75, 3.05) is 6.54 Å². The number of pyridine rings is 1. The van der Waals surface area contributed by atoms with Crippen LogP contribution in [0.15, 0.2) is 24.4 Å². The molecule has 1 aromatic heterocycles. The number of aromatic nitrogens is 1. The van der Waals surface area contributed by atoms with Crippen LogP contribution < -0.4 is 5.32 Å². The molecule has 0 aliphatic carbocycles. The van der Waals surface area contributed by atoms with E-state index in [4.69, 9.17) is 11.6 Å². The first-order chi connectivity index (χ1) is 6.29. The number of rotatable bonds is 5. The zero-order chi connectivity index (χ0) is 9.52. The van der Waals surface area contributed by atoms with E-state index in [1.165, 1.54) is 0 Å². The lowest BCUT2D eigenvalue weighted by Gasteiger charge is -2.04. The van der Waals surface area contributed by atoms with Gasteiger partial charge in [0.25, 0.3) is 0 Å². The molecule has 13 heavy (non-hydrogen) atoms. The average Bonchev–Trinajstić information content (AvgIpc) is 2.14. The Morgan fingerprint density at radius 1 is 1.54 bits per heavy atom. The van der Waals surface area contributed by atoms with Gasteiger partial charge in [-0.1, -0.05) is 6.07 Å². The van der Waals surface area contributed by atoms with E-state index in [1.807, 2.05) is 25.1 Å². The Hall–Kier alpha value is -0.600. The minimum atomic E-state index is 0.247. The third-order valence-corrected chi connectivity index (χ3v) is 1.97. The molecule has 1 rings (SSSR count). The second-order valence-corrected chi connectivity index (χ2v) is 3.81. The van der Waals surface area contributed by atoms with Gasteiger partial charge < -0.3 is 5.32 Å². The molecule has 0 radical (unpaired) electrons. The van der Waals surface area contributed by atoms with Gasteiger partial charge in [0.1, 0.15) is 0 Å². The van der Waals surface area contributed by atoms with Crippen molar-refractivity contribution in [2.45, 2.75) is 25.3 Å². The third kappa shape index (κ3) is 4.86. The van der Waals surface area contributed by atoms with E-state index < -0.39 is 0 Å². The molecular weight excluding hydrogens is 184 g/mol. The van der Waals surface area contributed by atoms with Crippen LogP contribution in [-0.2, 0) is 6.54 Å². The molecule has 1 unspecified atom stereocenters. The summed E-state index contributed by atoms with van der Waals surface area (Å²) in [5, 5.41) is 3.53. The maximum Gasteiger partial charge on any atom is 0.0541 e. The minimum absolute atomic E-state index is 0.247. The van der Waals surface area contributed by atoms with Crippen LogP contribution in [0.5, 0.6) is 0 Å². The predicted octanol–water partition coefficient (Wildman–Crippen LogP) is 2.19. The second-order valence-electron chi connectivity index (χ2n) is 3.07. The summed E-state index contributed by atoms with van der Waals surface area (Å²) in [7, 11) is 0. The number of hydrogen-bond acceptors (Lipinski definition) is 2. The van der Waals surface area contributed by atoms with E-state index in [0.717, 1.165) is 25.2 Å². The summed E-state index contributed by atoms with van der Waals surface area (Å²) in [6.45, 7) is 3.77. The van der Waals surface area contributed by atoms with Crippen LogP contribution in [0.3, 0.4) is 0 Å². The summed E-state index contributed by atoms with van der Waals surface area (Å²) in [5.41, 5.74) is 1.07. The largest absolute Gasteiger partial charge is 0.311 e. The van der Waals surface area contributed by atoms with Crippen LogP contribution in [-0.4, -0.2) is 16.9 Å². The van der Waals surface area contributed by atoms with Gasteiger partial charge in [0, 0.05) is 18.1 Å². The van der Waals surface area contributed by atoms with Gasteiger partial charge >= 0.3 is 0 Å². The van der Waals surface area contributed by atoms with Crippen LogP contribution in [0.1, 0.15) is 19.0 Å². The van der Waals surface area contributed by atoms with Gasteiger partial charge in [0.15, 0.2) is 0 Å². The second kappa shape index (κ2) is 5.95. The summed E-state index contributed by atoms with van der Waals surface area (Å²) >= 11 is 5.80. The molecule has 2 nitrogen and oxygen atoms in total. The van der Waals surface area contributed by atoms with Crippen molar-refractivity contribution in [1.82, 2.24) is 10.3 Å². The minimum Gasteiger partial charge on any atom is -0.311 e. The van der Waals surface area contributed by atoms with Crippen molar-refractivity contribution in [3.63, 3.8) is 0 Å². The molecule has 0 aromatic carbocycles. The molecule has 1 atom stereocenters. The Balaban J connectivity index is 2.13. The molecule has 0 spiro atoms. The molecule has 3 heteroatoms. The van der Waals surface area contributed by atoms with E-state index in [1.54, 1.807) is 6.20 Å². The van der Waals surface area contributed by atoms with Crippen molar-refractivity contribution in [3.8, 4) is 0 Å². The Bertz CT molecular complexity index is 224. The first-order valence-corrected chi connectivity index (χ1v) is 4.97. The zero-order valence-corrected chi connectivity index (χ0v) is 8.59. The normalized spacial score (nSPS) is 12.8. The van der Waals surface area contributed by atoms with Gasteiger partial charge in [0.05, 0.1) is 5.69 Å². The fourth-order valence-electron chi connectivity index (χ4n) is 1.02. The van der Waals surface area contributed by atoms with Gasteiger partial charge in [-0.25, -0.2) is 0 Å². The molecule has 1 N–H and O–H groups in total. The molecule has 0 bridgehead atoms. The smallest absolute Gasteiger partial charge is 0.0541 e. The van der Waals surface area contributed by atoms with Crippen LogP contribution in [0, 0.1) is 0 Å². The summed E-state index contributed by atoms with van der Waals surface area (Å²) in [6.07, 6.45) is 2.80. The molecule has 1 aromatic rings. The Labute approximate surface area is 84.3 Å². The lowest BCUT2D eigenvalue weighted by molar-refractivity contribution is 0.636. The molecule has 0 saturated carbocycles. The average molecular weight is 199 g/mol. The predicted molar refractivity (Wildman–Crippen MR) is 55.9 cm³/mol. The molecule has 0 aliphatic heterocycles. The first kappa shape index (κ1) is 10.5. The van der Waals surface area contributed by atoms with Crippen molar-refractivity contribution in [3.05, 3.63) is 30.1 Å². The molecule has 0 aliphatic rings. The monoisotopic (exact) mass is 198 g/mol. The highest BCUT2D eigenvalue weighted by atomic mass is 35.5. The Morgan fingerprint density at radius 2 is 2.38 bits per heavy atom. The SMILES string of the molecule is CC(Cl)CCNCc1ccccn1. The number of nitrogens with zero attached hydrogens (tertiary/aromatic N) is 1. The molecule has 0 amide bonds. The fourth-order valence-corrected chi connectivity index (χ4v) is 1.13. The highest BCUT2D eigenvalue weighted by Gasteiger charge is 1.95. The van der Waals surface area contributed by atoms with Crippen LogP contribution >= 0.6 is 11.6 Å². The third-order valence-electron chi connectivity index (χ3n) is 1.75. The lowest BCUT2D eigenvalue weighted by atomic mass is 10.3. The summed E-state index contributed by atoms with van der Waals surface area (Å²) in [4.78, 5) is 4.20. The van der Waals surface area contributed by atoms with E-state index in [-0.39, 0.29) is 5.38 Å². The summed E-state index contributed by atoms with van der Waals surface area (Å²) in [5.74, 6) is 0. The number of nitrogens with one attached hydrogen (secondary N) is 1. The lowest BCUT2D eigenvalue weighted by Crippen LogP contribution is -2.17. The van der Waals surface area contributed by atoms with Crippen molar-refractivity contribution >= 4 is 11.6 Å². The zero-order valence-electron chi connectivity index (χ0n) is 7.83. The summed E-state index contributed by atoms with van der Waals surface area (Å²) in [6, 6.07) is 5.93. The Kier molecular flexibility index (Phi) is 4.79. The van der Waals surface area contributed by atoms with Crippen molar-refractivity contribution < 1.29 is 0 Å². The van der Waals surface area contributed by atoms with E-state index in [2.05, 4.69) is 10.3 Å². The van der Waals surface area contributed by atoms with Gasteiger partial charge in [-0.05, 0) is 32.0 Å². The van der Waals surface area contributed by atoms with Crippen molar-refractivity contribution in [2.24, 2.45) is 0 Å². The molecule has 0 saturated heterocycles. The highest BCUT2D eigenvalue weighted by Crippen LogP contribution is 1.98. The van der Waals surface area contributed by atoms with Crippen LogP contribution in [0.25, 0.3) is 0 Å². The number of alkyl halides is 1. The van der Waals surface area contributed by atoms with Gasteiger partial charge in [-0.2, -0.15) is 0 Å². The van der Waals surface area contributed by atoms with Crippen LogP contribution in [0.4, 0.5) is 0 Å². The van der Waals surface area contributed by atoms with Crippen molar-refractivity contribution in [1.29, 1.82) is 0 Å². The van der Waals surface area contributed by atoms with Gasteiger partial charge in [-0.15, -0.1) is 11.6 Å². The van der Waals surface area contributed by atoms with E-state index >= 15 is 0 Å². The number of hydrogen-bond donors (Lipinski definition) is 1. The standard InChI is InChI=1S/C10H15ClN2/c1-9(11)5-7-12-8-10-4-2-3-6-13-10/h2-4,6,9,12H,5,7-8H2,1H3. The molecule has 72 valence electrons. The molecule has 1 heterocycles. The molecular formula is C10H15ClN2. The Morgan fingerprint density at radius 3 is 3.00 bits per heavy atom. The number of halogens is 1. The topological polar surface area (TPSA) is 24.9 Å². The van der Waals surface area contributed by atoms with Gasteiger partial charge in [0.2, 0.25) is 0 Å². The first-order valence-electron chi connectivity index (χ1n) is 4.53. The van der Waals surface area contributed by atoms with Gasteiger partial charge in [-0.3, -0.25) is 4.98 Å². The van der Waals surface area contributed by atoms with E-state index in [0.29, 0.717) is 0 Å². The maximum absolute atomic E-state index is 5.80. The van der Waals surface area contributed by atoms with E-state index in [9.17, 15) is 0 Å². The maximum atomic E-state index is 5.80.